The van der Waals surface area contributed by atoms with Crippen LogP contribution in [-0.4, -0.2) is 54.0 Å². The van der Waals surface area contributed by atoms with Gasteiger partial charge in [0.1, 0.15) is 11.5 Å². The summed E-state index contributed by atoms with van der Waals surface area (Å²) in [7, 11) is -1.44. The van der Waals surface area contributed by atoms with Crippen molar-refractivity contribution in [2.45, 2.75) is 19.4 Å². The molecule has 0 saturated carbocycles. The van der Waals surface area contributed by atoms with Gasteiger partial charge in [0.15, 0.2) is 15.7 Å². The number of hydrogen-bond acceptors (Lipinski definition) is 7. The molecule has 2 aromatic rings. The van der Waals surface area contributed by atoms with E-state index in [9.17, 15) is 13.2 Å². The highest BCUT2D eigenvalue weighted by atomic mass is 32.2. The summed E-state index contributed by atoms with van der Waals surface area (Å²) in [6.07, 6.45) is 1.97. The molecular formula is C15H18N4O4S. The second-order valence-corrected chi connectivity index (χ2v) is 8.08. The lowest BCUT2D eigenvalue weighted by molar-refractivity contribution is 0.0742. The molecule has 0 bridgehead atoms. The fraction of sp³-hybridized carbons (Fsp3) is 0.400. The number of anilines is 2. The highest BCUT2D eigenvalue weighted by Crippen LogP contribution is 2.20. The topological polar surface area (TPSA) is 105 Å². The van der Waals surface area contributed by atoms with Gasteiger partial charge in [-0.05, 0) is 25.5 Å². The van der Waals surface area contributed by atoms with Crippen molar-refractivity contribution in [3.8, 4) is 0 Å². The second-order valence-electron chi connectivity index (χ2n) is 5.85. The maximum Gasteiger partial charge on any atom is 0.272 e. The average molecular weight is 350 g/mol. The number of nitrogens with one attached hydrogen (secondary N) is 1. The fourth-order valence-electron chi connectivity index (χ4n) is 2.63. The van der Waals surface area contributed by atoms with E-state index in [1.54, 1.807) is 32.2 Å². The van der Waals surface area contributed by atoms with Crippen LogP contribution >= 0.6 is 0 Å². The van der Waals surface area contributed by atoms with Gasteiger partial charge in [0.25, 0.3) is 5.91 Å². The monoisotopic (exact) mass is 350 g/mol. The number of carbonyl (C=O) groups excluding carboxylic acids is 1. The molecule has 24 heavy (non-hydrogen) atoms. The number of rotatable bonds is 4. The number of hydrogen-bond donors (Lipinski definition) is 1. The zero-order chi connectivity index (χ0) is 17.3. The van der Waals surface area contributed by atoms with Crippen molar-refractivity contribution in [3.05, 3.63) is 35.9 Å². The quantitative estimate of drug-likeness (QED) is 0.888. The number of sulfone groups is 1. The first-order chi connectivity index (χ1) is 11.3. The molecule has 9 heteroatoms. The van der Waals surface area contributed by atoms with Crippen molar-refractivity contribution < 1.29 is 17.7 Å². The fourth-order valence-corrected chi connectivity index (χ4v) is 4.40. The molecular weight excluding hydrogens is 332 g/mol. The summed E-state index contributed by atoms with van der Waals surface area (Å²) in [5.41, 5.74) is 0.890. The van der Waals surface area contributed by atoms with Crippen molar-refractivity contribution in [1.82, 2.24) is 15.0 Å². The summed E-state index contributed by atoms with van der Waals surface area (Å²) in [5, 5.41) is 6.86. The number of nitrogens with zero attached hydrogens (tertiary/aromatic N) is 3. The Hall–Kier alpha value is -2.42. The number of aromatic nitrogens is 2. The van der Waals surface area contributed by atoms with E-state index < -0.39 is 9.84 Å². The Morgan fingerprint density at radius 3 is 2.83 bits per heavy atom. The van der Waals surface area contributed by atoms with E-state index in [1.807, 2.05) is 0 Å². The van der Waals surface area contributed by atoms with Crippen LogP contribution in [0, 0.1) is 6.92 Å². The third kappa shape index (κ3) is 3.56. The average Bonchev–Trinajstić information content (AvgIpc) is 3.11. The van der Waals surface area contributed by atoms with Gasteiger partial charge < -0.3 is 14.7 Å². The van der Waals surface area contributed by atoms with Gasteiger partial charge in [0.05, 0.1) is 11.5 Å². The molecule has 1 atom stereocenters. The molecule has 1 fully saturated rings. The smallest absolute Gasteiger partial charge is 0.272 e. The molecule has 1 aliphatic rings. The summed E-state index contributed by atoms with van der Waals surface area (Å²) in [4.78, 5) is 18.1. The van der Waals surface area contributed by atoms with Crippen LogP contribution in [0.25, 0.3) is 0 Å². The first kappa shape index (κ1) is 16.4. The van der Waals surface area contributed by atoms with Crippen LogP contribution in [-0.2, 0) is 9.84 Å². The Labute approximate surface area is 139 Å². The highest BCUT2D eigenvalue weighted by Gasteiger charge is 2.33. The van der Waals surface area contributed by atoms with Gasteiger partial charge in [-0.15, -0.1) is 0 Å². The lowest BCUT2D eigenvalue weighted by Crippen LogP contribution is -2.38. The number of pyridine rings is 1. The zero-order valence-corrected chi connectivity index (χ0v) is 14.2. The van der Waals surface area contributed by atoms with Crippen molar-refractivity contribution >= 4 is 27.2 Å². The minimum absolute atomic E-state index is 0.00535. The molecule has 1 saturated heterocycles. The summed E-state index contributed by atoms with van der Waals surface area (Å²) in [6, 6.07) is 4.74. The van der Waals surface area contributed by atoms with Crippen LogP contribution in [0.5, 0.6) is 0 Å². The lowest BCUT2D eigenvalue weighted by Gasteiger charge is -2.23. The maximum absolute atomic E-state index is 12.6. The predicted molar refractivity (Wildman–Crippen MR) is 87.9 cm³/mol. The molecule has 1 N–H and O–H groups in total. The largest absolute Gasteiger partial charge is 0.360 e. The van der Waals surface area contributed by atoms with Crippen molar-refractivity contribution in [2.24, 2.45) is 0 Å². The SMILES string of the molecule is Cc1cc(Nc2ccnc(C(=O)N(C)C3CCS(=O)(=O)C3)c2)no1. The summed E-state index contributed by atoms with van der Waals surface area (Å²) >= 11 is 0. The number of amides is 1. The molecule has 0 aromatic carbocycles. The van der Waals surface area contributed by atoms with Crippen molar-refractivity contribution in [3.63, 3.8) is 0 Å². The van der Waals surface area contributed by atoms with Gasteiger partial charge in [-0.25, -0.2) is 8.42 Å². The highest BCUT2D eigenvalue weighted by molar-refractivity contribution is 7.91. The van der Waals surface area contributed by atoms with Crippen LogP contribution in [0.1, 0.15) is 22.7 Å². The third-order valence-corrected chi connectivity index (χ3v) is 5.71. The summed E-state index contributed by atoms with van der Waals surface area (Å²) in [6.45, 7) is 1.78. The van der Waals surface area contributed by atoms with Crippen molar-refractivity contribution in [1.29, 1.82) is 0 Å². The standard InChI is InChI=1S/C15H18N4O4S/c1-10-7-14(18-23-10)17-11-3-5-16-13(8-11)15(20)19(2)12-4-6-24(21,22)9-12/h3,5,7-8,12H,4,6,9H2,1-2H3,(H,16,17,18). The van der Waals surface area contributed by atoms with Gasteiger partial charge in [0, 0.05) is 31.0 Å². The molecule has 1 amide bonds. The molecule has 0 radical (unpaired) electrons. The first-order valence-electron chi connectivity index (χ1n) is 7.48. The van der Waals surface area contributed by atoms with E-state index in [-0.39, 0.29) is 29.1 Å². The second kappa shape index (κ2) is 6.23. The normalized spacial score (nSPS) is 19.2. The van der Waals surface area contributed by atoms with E-state index in [1.165, 1.54) is 11.1 Å². The van der Waals surface area contributed by atoms with E-state index in [0.29, 0.717) is 23.7 Å². The van der Waals surface area contributed by atoms with E-state index in [4.69, 9.17) is 4.52 Å². The maximum atomic E-state index is 12.6. The minimum atomic E-state index is -3.05. The predicted octanol–water partition coefficient (Wildman–Crippen LogP) is 1.38. The number of carbonyl (C=O) groups is 1. The molecule has 3 rings (SSSR count). The van der Waals surface area contributed by atoms with Gasteiger partial charge in [-0.1, -0.05) is 5.16 Å². The van der Waals surface area contributed by atoms with E-state index >= 15 is 0 Å². The Kier molecular flexibility index (Phi) is 4.27. The molecule has 0 spiro atoms. The molecule has 3 heterocycles. The van der Waals surface area contributed by atoms with E-state index in [0.717, 1.165) is 0 Å². The third-order valence-electron chi connectivity index (χ3n) is 3.96. The summed E-state index contributed by atoms with van der Waals surface area (Å²) in [5.74, 6) is 1.02. The first-order valence-corrected chi connectivity index (χ1v) is 9.30. The molecule has 1 unspecified atom stereocenters. The Bertz CT molecular complexity index is 862. The lowest BCUT2D eigenvalue weighted by atomic mass is 10.2. The van der Waals surface area contributed by atoms with Crippen LogP contribution in [0.3, 0.4) is 0 Å². The molecule has 2 aromatic heterocycles. The molecule has 0 aliphatic carbocycles. The Morgan fingerprint density at radius 1 is 1.42 bits per heavy atom. The van der Waals surface area contributed by atoms with Crippen LogP contribution in [0.15, 0.2) is 28.9 Å². The van der Waals surface area contributed by atoms with Gasteiger partial charge >= 0.3 is 0 Å². The molecule has 128 valence electrons. The minimum Gasteiger partial charge on any atom is -0.360 e. The zero-order valence-electron chi connectivity index (χ0n) is 13.4. The van der Waals surface area contributed by atoms with Crippen LogP contribution < -0.4 is 5.32 Å². The Morgan fingerprint density at radius 2 is 2.21 bits per heavy atom. The van der Waals surface area contributed by atoms with Crippen molar-refractivity contribution in [2.75, 3.05) is 23.9 Å². The van der Waals surface area contributed by atoms with Crippen LogP contribution in [0.2, 0.25) is 0 Å². The van der Waals surface area contributed by atoms with Gasteiger partial charge in [0.2, 0.25) is 0 Å². The Balaban J connectivity index is 1.74. The number of aryl methyl sites for hydroxylation is 1. The molecule has 8 nitrogen and oxygen atoms in total. The van der Waals surface area contributed by atoms with Gasteiger partial charge in [-0.3, -0.25) is 9.78 Å². The molecule has 1 aliphatic heterocycles. The van der Waals surface area contributed by atoms with Gasteiger partial charge in [-0.2, -0.15) is 0 Å². The van der Waals surface area contributed by atoms with Crippen LogP contribution in [0.4, 0.5) is 11.5 Å². The summed E-state index contributed by atoms with van der Waals surface area (Å²) < 4.78 is 28.1. The van der Waals surface area contributed by atoms with E-state index in [2.05, 4.69) is 15.5 Å².